The molecule has 4 rings (SSSR count). The maximum Gasteiger partial charge on any atom is 0.356 e. The predicted octanol–water partition coefficient (Wildman–Crippen LogP) is 6.19. The summed E-state index contributed by atoms with van der Waals surface area (Å²) in [4.78, 5) is 22.7. The van der Waals surface area contributed by atoms with Crippen LogP contribution < -0.4 is 10.6 Å². The summed E-state index contributed by atoms with van der Waals surface area (Å²) in [5.41, 5.74) is 8.94. The number of aromatic nitrogens is 1. The Morgan fingerprint density at radius 2 is 1.44 bits per heavy atom. The molecule has 0 unspecified atom stereocenters. The summed E-state index contributed by atoms with van der Waals surface area (Å²) in [7, 11) is 0. The molecule has 0 bridgehead atoms. The fourth-order valence-electron chi connectivity index (χ4n) is 4.07. The van der Waals surface area contributed by atoms with Gasteiger partial charge in [-0.2, -0.15) is 0 Å². The van der Waals surface area contributed by atoms with Gasteiger partial charge in [-0.1, -0.05) is 123 Å². The van der Waals surface area contributed by atoms with E-state index in [0.717, 1.165) is 21.7 Å². The van der Waals surface area contributed by atoms with Gasteiger partial charge in [0.05, 0.1) is 12.0 Å². The lowest BCUT2D eigenvalue weighted by Gasteiger charge is -2.34. The van der Waals surface area contributed by atoms with Crippen molar-refractivity contribution in [3.05, 3.63) is 113 Å². The first kappa shape index (κ1) is 25.6. The summed E-state index contributed by atoms with van der Waals surface area (Å²) in [5, 5.41) is 5.68. The van der Waals surface area contributed by atoms with Crippen LogP contribution >= 0.6 is 27.3 Å². The highest BCUT2D eigenvalue weighted by Crippen LogP contribution is 2.48. The number of ether oxygens (including phenoxy) is 1. The molecule has 0 fully saturated rings. The number of hydrogen-bond donors (Lipinski definition) is 1. The van der Waals surface area contributed by atoms with E-state index in [1.54, 1.807) is 6.92 Å². The van der Waals surface area contributed by atoms with E-state index >= 15 is 0 Å². The first-order valence-electron chi connectivity index (χ1n) is 11.5. The van der Waals surface area contributed by atoms with Crippen molar-refractivity contribution in [3.63, 3.8) is 0 Å². The lowest BCUT2D eigenvalue weighted by Crippen LogP contribution is -2.30. The third-order valence-electron chi connectivity index (χ3n) is 5.65. The van der Waals surface area contributed by atoms with Crippen molar-refractivity contribution < 1.29 is 14.4 Å². The van der Waals surface area contributed by atoms with Gasteiger partial charge in [-0.25, -0.2) is 9.78 Å². The van der Waals surface area contributed by atoms with Gasteiger partial charge in [0.25, 0.3) is 5.88 Å². The van der Waals surface area contributed by atoms with E-state index < -0.39 is 11.4 Å². The average Bonchev–Trinajstić information content (AvgIpc) is 3.29. The topological polar surface area (TPSA) is 86.8 Å². The van der Waals surface area contributed by atoms with Crippen molar-refractivity contribution in [3.8, 4) is 5.88 Å². The van der Waals surface area contributed by atoms with E-state index in [-0.39, 0.29) is 18.2 Å². The summed E-state index contributed by atoms with van der Waals surface area (Å²) in [6.07, 6.45) is 0.345. The van der Waals surface area contributed by atoms with Crippen LogP contribution in [0.4, 0.5) is 5.00 Å². The van der Waals surface area contributed by atoms with Crippen molar-refractivity contribution in [1.29, 1.82) is 0 Å². The molecule has 0 aliphatic heterocycles. The van der Waals surface area contributed by atoms with Crippen LogP contribution in [0.5, 0.6) is 5.88 Å². The van der Waals surface area contributed by atoms with Crippen LogP contribution in [0.3, 0.4) is 0 Å². The fourth-order valence-corrected chi connectivity index (χ4v) is 5.46. The van der Waals surface area contributed by atoms with Crippen molar-refractivity contribution >= 4 is 43.9 Å². The number of esters is 1. The molecule has 4 aromatic rings. The molecule has 3 aromatic carbocycles. The highest BCUT2D eigenvalue weighted by atomic mass is 79.9. The number of rotatable bonds is 10. The maximum absolute atomic E-state index is 12.3. The SMILES string of the molecule is CCOC(=O)C(CCBr)=NOc1nc(C(c2ccccc2)(c2ccccc2)c2ccccc2)sc1N. The summed E-state index contributed by atoms with van der Waals surface area (Å²) in [5.74, 6) is -0.378. The second kappa shape index (κ2) is 12.0. The largest absolute Gasteiger partial charge is 0.461 e. The molecule has 0 spiro atoms. The highest BCUT2D eigenvalue weighted by Gasteiger charge is 2.42. The first-order valence-corrected chi connectivity index (χ1v) is 13.4. The molecule has 1 heterocycles. The minimum Gasteiger partial charge on any atom is -0.461 e. The maximum atomic E-state index is 12.3. The number of hydrogen-bond acceptors (Lipinski definition) is 7. The quantitative estimate of drug-likeness (QED) is 0.0816. The molecule has 0 amide bonds. The zero-order chi connectivity index (χ0) is 25.4. The number of carbonyl (C=O) groups excluding carboxylic acids is 1. The van der Waals surface area contributed by atoms with E-state index in [1.165, 1.54) is 11.3 Å². The lowest BCUT2D eigenvalue weighted by molar-refractivity contribution is -0.135. The van der Waals surface area contributed by atoms with Gasteiger partial charge in [0.2, 0.25) is 0 Å². The van der Waals surface area contributed by atoms with Crippen molar-refractivity contribution in [2.24, 2.45) is 5.16 Å². The van der Waals surface area contributed by atoms with E-state index in [1.807, 2.05) is 54.6 Å². The Bertz CT molecular complexity index is 1220. The molecule has 6 nitrogen and oxygen atoms in total. The molecular weight excluding hydrogens is 538 g/mol. The van der Waals surface area contributed by atoms with Gasteiger partial charge in [0.15, 0.2) is 10.7 Å². The Labute approximate surface area is 222 Å². The number of oxime groups is 1. The zero-order valence-electron chi connectivity index (χ0n) is 19.8. The standard InChI is InChI=1S/C28H26BrN3O3S/c1-2-34-26(33)23(18-19-29)32-35-25-24(30)36-27(31-25)28(20-12-6-3-7-13-20,21-14-8-4-9-15-21)22-16-10-5-11-17-22/h3-17H,2,18-19,30H2,1H3. The lowest BCUT2D eigenvalue weighted by atomic mass is 9.70. The molecule has 0 atom stereocenters. The van der Waals surface area contributed by atoms with E-state index in [2.05, 4.69) is 57.5 Å². The molecule has 8 heteroatoms. The molecule has 0 saturated carbocycles. The van der Waals surface area contributed by atoms with Crippen LogP contribution in [0.15, 0.2) is 96.2 Å². The molecule has 0 radical (unpaired) electrons. The van der Waals surface area contributed by atoms with Crippen molar-refractivity contribution in [2.45, 2.75) is 18.8 Å². The van der Waals surface area contributed by atoms with Gasteiger partial charge in [0, 0.05) is 11.8 Å². The van der Waals surface area contributed by atoms with Gasteiger partial charge in [-0.05, 0) is 23.6 Å². The number of nitrogens with zero attached hydrogens (tertiary/aromatic N) is 2. The second-order valence-electron chi connectivity index (χ2n) is 7.83. The molecule has 2 N–H and O–H groups in total. The Kier molecular flexibility index (Phi) is 8.51. The molecule has 184 valence electrons. The fraction of sp³-hybridized carbons (Fsp3) is 0.179. The number of halogens is 1. The highest BCUT2D eigenvalue weighted by molar-refractivity contribution is 9.09. The first-order chi connectivity index (χ1) is 17.6. The number of anilines is 1. The Hall–Kier alpha value is -3.49. The Morgan fingerprint density at radius 1 is 0.944 bits per heavy atom. The third kappa shape index (κ3) is 5.20. The van der Waals surface area contributed by atoms with E-state index in [0.29, 0.717) is 16.8 Å². The summed E-state index contributed by atoms with van der Waals surface area (Å²) >= 11 is 4.67. The molecule has 1 aromatic heterocycles. The Morgan fingerprint density at radius 3 is 1.89 bits per heavy atom. The van der Waals surface area contributed by atoms with Gasteiger partial charge in [-0.3, -0.25) is 0 Å². The van der Waals surface area contributed by atoms with Gasteiger partial charge < -0.3 is 15.3 Å². The molecular formula is C28H26BrN3O3S. The van der Waals surface area contributed by atoms with E-state index in [9.17, 15) is 4.79 Å². The van der Waals surface area contributed by atoms with Crippen LogP contribution in [0.25, 0.3) is 0 Å². The normalized spacial score (nSPS) is 11.8. The average molecular weight is 565 g/mol. The summed E-state index contributed by atoms with van der Waals surface area (Å²) < 4.78 is 5.09. The van der Waals surface area contributed by atoms with Crippen LogP contribution in [0, 0.1) is 0 Å². The number of alkyl halides is 1. The second-order valence-corrected chi connectivity index (χ2v) is 9.65. The smallest absolute Gasteiger partial charge is 0.356 e. The van der Waals surface area contributed by atoms with Crippen LogP contribution in [0.1, 0.15) is 35.0 Å². The number of nitrogen functional groups attached to an aromatic ring is 1. The number of carbonyl (C=O) groups is 1. The van der Waals surface area contributed by atoms with Crippen LogP contribution in [0.2, 0.25) is 0 Å². The third-order valence-corrected chi connectivity index (χ3v) is 7.03. The minimum absolute atomic E-state index is 0.151. The molecule has 0 aliphatic rings. The number of thiazole rings is 1. The number of nitrogens with two attached hydrogens (primary N) is 1. The van der Waals surface area contributed by atoms with Crippen LogP contribution in [-0.2, 0) is 14.9 Å². The summed E-state index contributed by atoms with van der Waals surface area (Å²) in [6.45, 7) is 1.99. The summed E-state index contributed by atoms with van der Waals surface area (Å²) in [6, 6.07) is 30.6. The van der Waals surface area contributed by atoms with E-state index in [4.69, 9.17) is 20.3 Å². The van der Waals surface area contributed by atoms with Crippen molar-refractivity contribution in [1.82, 2.24) is 4.98 Å². The molecule has 36 heavy (non-hydrogen) atoms. The monoisotopic (exact) mass is 563 g/mol. The van der Waals surface area contributed by atoms with Crippen LogP contribution in [-0.4, -0.2) is 28.6 Å². The minimum atomic E-state index is -0.742. The zero-order valence-corrected chi connectivity index (χ0v) is 22.2. The Balaban J connectivity index is 1.88. The van der Waals surface area contributed by atoms with Gasteiger partial charge >= 0.3 is 5.97 Å². The number of benzene rings is 3. The van der Waals surface area contributed by atoms with Crippen molar-refractivity contribution in [2.75, 3.05) is 17.7 Å². The predicted molar refractivity (Wildman–Crippen MR) is 148 cm³/mol. The van der Waals surface area contributed by atoms with Gasteiger partial charge in [-0.15, -0.1) is 0 Å². The molecule has 0 saturated heterocycles. The van der Waals surface area contributed by atoms with Gasteiger partial charge in [0.1, 0.15) is 5.01 Å². The molecule has 0 aliphatic carbocycles.